The van der Waals surface area contributed by atoms with Crippen LogP contribution in [0.15, 0.2) is 0 Å². The molecule has 0 spiro atoms. The van der Waals surface area contributed by atoms with Gasteiger partial charge < -0.3 is 18.2 Å². The van der Waals surface area contributed by atoms with Crippen LogP contribution in [0.1, 0.15) is 79.6 Å². The molecule has 0 aliphatic rings. The predicted molar refractivity (Wildman–Crippen MR) is 106 cm³/mol. The molecule has 0 aliphatic carbocycles. The van der Waals surface area contributed by atoms with Gasteiger partial charge in [0.2, 0.25) is 0 Å². The number of unbranched alkanes of at least 4 members (excludes halogenated alkanes) is 2. The van der Waals surface area contributed by atoms with E-state index in [2.05, 4.69) is 39.5 Å². The van der Waals surface area contributed by atoms with Crippen molar-refractivity contribution in [3.8, 4) is 0 Å². The maximum Gasteiger partial charge on any atom is 0.484 e. The van der Waals surface area contributed by atoms with Crippen molar-refractivity contribution in [2.45, 2.75) is 79.6 Å². The zero-order valence-electron chi connectivity index (χ0n) is 17.0. The molecule has 0 radical (unpaired) electrons. The zero-order valence-corrected chi connectivity index (χ0v) is 18.2. The molecule has 0 heterocycles. The predicted octanol–water partition coefficient (Wildman–Crippen LogP) is 4.50. The highest BCUT2D eigenvalue weighted by Crippen LogP contribution is 2.12. The lowest BCUT2D eigenvalue weighted by Crippen LogP contribution is -2.29. The van der Waals surface area contributed by atoms with E-state index in [9.17, 15) is 0 Å². The summed E-state index contributed by atoms with van der Waals surface area (Å²) in [6, 6.07) is 0. The fourth-order valence-electron chi connectivity index (χ4n) is 2.51. The zero-order chi connectivity index (χ0) is 18.0. The summed E-state index contributed by atoms with van der Waals surface area (Å²) in [5.41, 5.74) is 0. The lowest BCUT2D eigenvalue weighted by molar-refractivity contribution is 0.0862. The third kappa shape index (κ3) is 14.4. The van der Waals surface area contributed by atoms with E-state index in [0.717, 1.165) is 65.0 Å². The summed E-state index contributed by atoms with van der Waals surface area (Å²) in [4.78, 5) is 2.50. The Balaban J connectivity index is 3.84. The van der Waals surface area contributed by atoms with Crippen LogP contribution in [-0.2, 0) is 13.3 Å². The van der Waals surface area contributed by atoms with E-state index in [4.69, 9.17) is 13.3 Å². The average molecular weight is 362 g/mol. The van der Waals surface area contributed by atoms with Gasteiger partial charge in [0.25, 0.3) is 0 Å². The molecule has 1 unspecified atom stereocenters. The number of hydrogen-bond acceptors (Lipinski definition) is 4. The van der Waals surface area contributed by atoms with E-state index in [0.29, 0.717) is 5.92 Å². The first kappa shape index (κ1) is 24.1. The highest BCUT2D eigenvalue weighted by atomic mass is 28.3. The summed E-state index contributed by atoms with van der Waals surface area (Å²) in [6.07, 6.45) is 8.15. The maximum atomic E-state index is 5.96. The summed E-state index contributed by atoms with van der Waals surface area (Å²) in [5.74, 6) is 0.710. The van der Waals surface area contributed by atoms with Gasteiger partial charge >= 0.3 is 9.53 Å². The molecule has 146 valence electrons. The van der Waals surface area contributed by atoms with E-state index in [1.54, 1.807) is 0 Å². The van der Waals surface area contributed by atoms with Crippen LogP contribution in [0.5, 0.6) is 0 Å². The largest absolute Gasteiger partial charge is 0.484 e. The second kappa shape index (κ2) is 17.9. The molecule has 0 aromatic heterocycles. The van der Waals surface area contributed by atoms with Crippen molar-refractivity contribution >= 4 is 9.53 Å². The molecular weight excluding hydrogens is 318 g/mol. The Morgan fingerprint density at radius 2 is 1.29 bits per heavy atom. The van der Waals surface area contributed by atoms with Gasteiger partial charge in [-0.05, 0) is 57.7 Å². The van der Waals surface area contributed by atoms with Gasteiger partial charge in [0.1, 0.15) is 0 Å². The first-order chi connectivity index (χ1) is 11.7. The quantitative estimate of drug-likeness (QED) is 0.266. The van der Waals surface area contributed by atoms with E-state index >= 15 is 0 Å². The Hall–Kier alpha value is 0.0569. The van der Waals surface area contributed by atoms with Gasteiger partial charge in [0, 0.05) is 19.8 Å². The van der Waals surface area contributed by atoms with Crippen LogP contribution < -0.4 is 0 Å². The van der Waals surface area contributed by atoms with Crippen LogP contribution >= 0.6 is 0 Å². The van der Waals surface area contributed by atoms with Crippen LogP contribution in [-0.4, -0.2) is 53.9 Å². The molecule has 0 rings (SSSR count). The monoisotopic (exact) mass is 361 g/mol. The number of rotatable bonds is 18. The van der Waals surface area contributed by atoms with Crippen molar-refractivity contribution in [2.24, 2.45) is 5.92 Å². The van der Waals surface area contributed by atoms with Crippen molar-refractivity contribution in [1.29, 1.82) is 0 Å². The van der Waals surface area contributed by atoms with E-state index in [1.807, 2.05) is 0 Å². The van der Waals surface area contributed by atoms with Gasteiger partial charge in [-0.25, -0.2) is 0 Å². The Morgan fingerprint density at radius 3 is 1.79 bits per heavy atom. The Morgan fingerprint density at radius 1 is 0.750 bits per heavy atom. The van der Waals surface area contributed by atoms with E-state index in [-0.39, 0.29) is 0 Å². The minimum Gasteiger partial charge on any atom is -0.376 e. The van der Waals surface area contributed by atoms with E-state index in [1.165, 1.54) is 19.4 Å². The lowest BCUT2D eigenvalue weighted by Gasteiger charge is -2.20. The summed E-state index contributed by atoms with van der Waals surface area (Å²) < 4.78 is 17.6. The fourth-order valence-corrected chi connectivity index (χ4v) is 3.84. The van der Waals surface area contributed by atoms with Crippen molar-refractivity contribution in [1.82, 2.24) is 4.90 Å². The van der Waals surface area contributed by atoms with Crippen molar-refractivity contribution in [3.05, 3.63) is 0 Å². The molecule has 0 bridgehead atoms. The molecule has 0 fully saturated rings. The van der Waals surface area contributed by atoms with Crippen LogP contribution in [0.4, 0.5) is 0 Å². The molecule has 0 aromatic rings. The average Bonchev–Trinajstić information content (AvgIpc) is 2.58. The van der Waals surface area contributed by atoms with Crippen molar-refractivity contribution in [3.63, 3.8) is 0 Å². The third-order valence-electron chi connectivity index (χ3n) is 4.43. The topological polar surface area (TPSA) is 30.9 Å². The number of nitrogens with zero attached hydrogens (tertiary/aromatic N) is 1. The summed E-state index contributed by atoms with van der Waals surface area (Å²) in [7, 11) is -1.92. The van der Waals surface area contributed by atoms with Crippen LogP contribution in [0.3, 0.4) is 0 Å². The van der Waals surface area contributed by atoms with Gasteiger partial charge in [-0.3, -0.25) is 0 Å². The Bertz CT molecular complexity index is 243. The Kier molecular flexibility index (Phi) is 17.9. The molecule has 1 atom stereocenters. The Labute approximate surface area is 153 Å². The summed E-state index contributed by atoms with van der Waals surface area (Å²) in [5, 5.41) is 0. The fraction of sp³-hybridized carbons (Fsp3) is 1.00. The maximum absolute atomic E-state index is 5.96. The summed E-state index contributed by atoms with van der Waals surface area (Å²) in [6.45, 7) is 17.0. The normalized spacial score (nSPS) is 13.1. The summed E-state index contributed by atoms with van der Waals surface area (Å²) >= 11 is 0. The van der Waals surface area contributed by atoms with Gasteiger partial charge in [-0.2, -0.15) is 0 Å². The van der Waals surface area contributed by atoms with Crippen molar-refractivity contribution in [2.75, 3.05) is 39.5 Å². The second-order valence-corrected chi connectivity index (χ2v) is 8.25. The van der Waals surface area contributed by atoms with Gasteiger partial charge in [-0.15, -0.1) is 0 Å². The highest BCUT2D eigenvalue weighted by Gasteiger charge is 2.15. The van der Waals surface area contributed by atoms with Crippen LogP contribution in [0.25, 0.3) is 0 Å². The van der Waals surface area contributed by atoms with Gasteiger partial charge in [-0.1, -0.05) is 47.5 Å². The first-order valence-corrected chi connectivity index (χ1v) is 11.7. The first-order valence-electron chi connectivity index (χ1n) is 10.2. The number of hydrogen-bond donors (Lipinski definition) is 0. The molecule has 24 heavy (non-hydrogen) atoms. The minimum atomic E-state index is -1.92. The molecule has 0 aromatic carbocycles. The molecule has 0 saturated carbocycles. The van der Waals surface area contributed by atoms with Crippen LogP contribution in [0, 0.1) is 5.92 Å². The van der Waals surface area contributed by atoms with Crippen LogP contribution in [0.2, 0.25) is 0 Å². The molecule has 4 nitrogen and oxygen atoms in total. The third-order valence-corrected chi connectivity index (χ3v) is 5.96. The SMILES string of the molecule is CCCCO[SiH](OCCCC)OCCC(C)CCCN(CC)CC. The van der Waals surface area contributed by atoms with Gasteiger partial charge in [0.15, 0.2) is 0 Å². The van der Waals surface area contributed by atoms with E-state index < -0.39 is 9.53 Å². The lowest BCUT2D eigenvalue weighted by atomic mass is 10.0. The van der Waals surface area contributed by atoms with Gasteiger partial charge in [0.05, 0.1) is 0 Å². The molecular formula is C19H43NO3Si. The second-order valence-electron chi connectivity index (χ2n) is 6.67. The minimum absolute atomic E-state index is 0.710. The molecule has 0 saturated heterocycles. The molecule has 5 heteroatoms. The standard InChI is InChI=1S/C19H43NO3Si/c1-6-10-16-21-24(22-17-11-7-2)23-18-14-19(5)13-12-15-20(8-3)9-4/h19,24H,6-18H2,1-5H3. The highest BCUT2D eigenvalue weighted by molar-refractivity contribution is 6.36. The molecule has 0 aliphatic heterocycles. The molecule has 0 N–H and O–H groups in total. The van der Waals surface area contributed by atoms with Crippen molar-refractivity contribution < 1.29 is 13.3 Å². The molecule has 0 amide bonds. The smallest absolute Gasteiger partial charge is 0.376 e.